The van der Waals surface area contributed by atoms with Crippen molar-refractivity contribution in [3.63, 3.8) is 0 Å². The molecule has 0 spiro atoms. The number of hydrogen-bond acceptors (Lipinski definition) is 5. The summed E-state index contributed by atoms with van der Waals surface area (Å²) in [6, 6.07) is 11.9. The standard InChI is InChI=1S/C25H27N3O5/c1-4-16-10-8-9-15(3)22(16)26-20(29)13-28-18-14-33-24(30)21(18)23(27-25(28)31)17-11-6-7-12-19(17)32-5-2/h6-12,23H,4-5,13-14H2,1-3H3,(H,26,29)(H,27,31)/t23-/m0/s1. The number of nitrogens with one attached hydrogen (secondary N) is 2. The van der Waals surface area contributed by atoms with Crippen molar-refractivity contribution in [2.75, 3.05) is 25.1 Å². The molecule has 4 rings (SSSR count). The van der Waals surface area contributed by atoms with Gasteiger partial charge in [0.05, 0.1) is 23.9 Å². The van der Waals surface area contributed by atoms with Crippen molar-refractivity contribution in [3.05, 3.63) is 70.4 Å². The van der Waals surface area contributed by atoms with Gasteiger partial charge in [0.1, 0.15) is 18.9 Å². The summed E-state index contributed by atoms with van der Waals surface area (Å²) in [5.41, 5.74) is 4.08. The van der Waals surface area contributed by atoms with Crippen LogP contribution >= 0.6 is 0 Å². The van der Waals surface area contributed by atoms with Gasteiger partial charge in [0.15, 0.2) is 0 Å². The van der Waals surface area contributed by atoms with Gasteiger partial charge in [0.2, 0.25) is 5.91 Å². The van der Waals surface area contributed by atoms with E-state index in [1.54, 1.807) is 12.1 Å². The number of rotatable bonds is 7. The summed E-state index contributed by atoms with van der Waals surface area (Å²) < 4.78 is 11.0. The van der Waals surface area contributed by atoms with E-state index in [4.69, 9.17) is 9.47 Å². The van der Waals surface area contributed by atoms with Crippen LogP contribution in [0.1, 0.15) is 36.6 Å². The van der Waals surface area contributed by atoms with Gasteiger partial charge in [-0.15, -0.1) is 0 Å². The smallest absolute Gasteiger partial charge is 0.338 e. The third-order valence-electron chi connectivity index (χ3n) is 5.83. The normalized spacial score (nSPS) is 17.4. The number of anilines is 1. The fourth-order valence-electron chi connectivity index (χ4n) is 4.24. The molecule has 0 radical (unpaired) electrons. The highest BCUT2D eigenvalue weighted by molar-refractivity contribution is 6.00. The number of aryl methyl sites for hydroxylation is 2. The van der Waals surface area contributed by atoms with Crippen LogP contribution in [0.3, 0.4) is 0 Å². The first-order valence-electron chi connectivity index (χ1n) is 11.0. The summed E-state index contributed by atoms with van der Waals surface area (Å²) in [5.74, 6) is -0.290. The Labute approximate surface area is 192 Å². The lowest BCUT2D eigenvalue weighted by Gasteiger charge is -2.33. The van der Waals surface area contributed by atoms with Crippen LogP contribution in [-0.2, 0) is 20.7 Å². The Bertz CT molecular complexity index is 1140. The second-order valence-corrected chi connectivity index (χ2v) is 7.89. The molecule has 2 aliphatic rings. The van der Waals surface area contributed by atoms with Crippen molar-refractivity contribution < 1.29 is 23.9 Å². The molecule has 0 unspecified atom stereocenters. The Hall–Kier alpha value is -3.81. The number of urea groups is 1. The van der Waals surface area contributed by atoms with Crippen LogP contribution in [0.5, 0.6) is 5.75 Å². The average Bonchev–Trinajstić information content (AvgIpc) is 3.19. The van der Waals surface area contributed by atoms with Gasteiger partial charge in [0, 0.05) is 11.3 Å². The first-order valence-corrected chi connectivity index (χ1v) is 11.0. The molecule has 8 nitrogen and oxygen atoms in total. The maximum absolute atomic E-state index is 13.1. The van der Waals surface area contributed by atoms with Crippen LogP contribution < -0.4 is 15.4 Å². The van der Waals surface area contributed by atoms with E-state index in [0.717, 1.165) is 23.2 Å². The molecule has 2 aliphatic heterocycles. The van der Waals surface area contributed by atoms with E-state index in [2.05, 4.69) is 10.6 Å². The maximum atomic E-state index is 13.1. The first kappa shape index (κ1) is 22.4. The van der Waals surface area contributed by atoms with Gasteiger partial charge >= 0.3 is 12.0 Å². The number of para-hydroxylation sites is 2. The van der Waals surface area contributed by atoms with E-state index in [-0.39, 0.29) is 19.1 Å². The second-order valence-electron chi connectivity index (χ2n) is 7.89. The number of hydrogen-bond donors (Lipinski definition) is 2. The van der Waals surface area contributed by atoms with E-state index in [1.165, 1.54) is 4.90 Å². The quantitative estimate of drug-likeness (QED) is 0.631. The zero-order valence-corrected chi connectivity index (χ0v) is 18.9. The predicted octanol–water partition coefficient (Wildman–Crippen LogP) is 3.47. The fraction of sp³-hybridized carbons (Fsp3) is 0.320. The SMILES string of the molecule is CCOc1ccccc1[C@@H]1NC(=O)N(CC(=O)Nc2c(C)cccc2CC)C2=C1C(=O)OC2. The number of carbonyl (C=O) groups is 3. The number of nitrogens with zero attached hydrogens (tertiary/aromatic N) is 1. The lowest BCUT2D eigenvalue weighted by atomic mass is 9.95. The van der Waals surface area contributed by atoms with E-state index < -0.39 is 18.0 Å². The van der Waals surface area contributed by atoms with Gasteiger partial charge in [0.25, 0.3) is 0 Å². The highest BCUT2D eigenvalue weighted by atomic mass is 16.5. The molecular weight excluding hydrogens is 422 g/mol. The van der Waals surface area contributed by atoms with E-state index in [9.17, 15) is 14.4 Å². The molecule has 3 amide bonds. The first-order chi connectivity index (χ1) is 15.9. The Balaban J connectivity index is 1.63. The Morgan fingerprint density at radius 2 is 1.97 bits per heavy atom. The van der Waals surface area contributed by atoms with Gasteiger partial charge < -0.3 is 20.1 Å². The molecule has 1 atom stereocenters. The molecule has 8 heteroatoms. The molecule has 0 aliphatic carbocycles. The molecule has 2 N–H and O–H groups in total. The summed E-state index contributed by atoms with van der Waals surface area (Å²) >= 11 is 0. The largest absolute Gasteiger partial charge is 0.494 e. The van der Waals surface area contributed by atoms with E-state index in [1.807, 2.05) is 51.1 Å². The lowest BCUT2D eigenvalue weighted by molar-refractivity contribution is -0.136. The number of benzene rings is 2. The number of carbonyl (C=O) groups excluding carboxylic acids is 3. The van der Waals surface area contributed by atoms with Gasteiger partial charge in [-0.2, -0.15) is 0 Å². The van der Waals surface area contributed by atoms with Crippen molar-refractivity contribution >= 4 is 23.6 Å². The van der Waals surface area contributed by atoms with Crippen molar-refractivity contribution in [2.45, 2.75) is 33.2 Å². The molecular formula is C25H27N3O5. The average molecular weight is 450 g/mol. The lowest BCUT2D eigenvalue weighted by Crippen LogP contribution is -2.49. The summed E-state index contributed by atoms with van der Waals surface area (Å²) in [5, 5.41) is 5.78. The Kier molecular flexibility index (Phi) is 6.35. The molecule has 2 aromatic rings. The van der Waals surface area contributed by atoms with Gasteiger partial charge in [-0.3, -0.25) is 9.69 Å². The summed E-state index contributed by atoms with van der Waals surface area (Å²) in [7, 11) is 0. The van der Waals surface area contributed by atoms with E-state index in [0.29, 0.717) is 29.2 Å². The van der Waals surface area contributed by atoms with Gasteiger partial charge in [-0.05, 0) is 37.5 Å². The van der Waals surface area contributed by atoms with Crippen molar-refractivity contribution in [1.29, 1.82) is 0 Å². The molecule has 0 saturated heterocycles. The topological polar surface area (TPSA) is 97.0 Å². The predicted molar refractivity (Wildman–Crippen MR) is 123 cm³/mol. The highest BCUT2D eigenvalue weighted by Crippen LogP contribution is 2.38. The highest BCUT2D eigenvalue weighted by Gasteiger charge is 2.43. The minimum Gasteiger partial charge on any atom is -0.494 e. The third-order valence-corrected chi connectivity index (χ3v) is 5.83. The fourth-order valence-corrected chi connectivity index (χ4v) is 4.24. The monoisotopic (exact) mass is 449 g/mol. The van der Waals surface area contributed by atoms with Crippen molar-refractivity contribution in [3.8, 4) is 5.75 Å². The van der Waals surface area contributed by atoms with E-state index >= 15 is 0 Å². The molecule has 0 aromatic heterocycles. The third kappa shape index (κ3) is 4.28. The molecule has 33 heavy (non-hydrogen) atoms. The van der Waals surface area contributed by atoms with Crippen LogP contribution in [0.4, 0.5) is 10.5 Å². The molecule has 0 saturated carbocycles. The summed E-state index contributed by atoms with van der Waals surface area (Å²) in [6.45, 7) is 5.95. The van der Waals surface area contributed by atoms with Crippen LogP contribution in [0.15, 0.2) is 53.7 Å². The van der Waals surface area contributed by atoms with Crippen molar-refractivity contribution in [2.24, 2.45) is 0 Å². The minimum atomic E-state index is -0.715. The number of amides is 3. The zero-order chi connectivity index (χ0) is 23.5. The number of ether oxygens (including phenoxy) is 2. The van der Waals surface area contributed by atoms with Gasteiger partial charge in [-0.1, -0.05) is 43.3 Å². The van der Waals surface area contributed by atoms with Crippen molar-refractivity contribution in [1.82, 2.24) is 10.2 Å². The Morgan fingerprint density at radius 3 is 2.73 bits per heavy atom. The minimum absolute atomic E-state index is 0.0628. The Morgan fingerprint density at radius 1 is 1.18 bits per heavy atom. The maximum Gasteiger partial charge on any atom is 0.338 e. The molecule has 172 valence electrons. The molecule has 0 fully saturated rings. The second kappa shape index (κ2) is 9.36. The number of cyclic esters (lactones) is 1. The molecule has 0 bridgehead atoms. The summed E-state index contributed by atoms with van der Waals surface area (Å²) in [4.78, 5) is 39.9. The number of esters is 1. The molecule has 2 aromatic carbocycles. The van der Waals surface area contributed by atoms with Crippen LogP contribution in [0.2, 0.25) is 0 Å². The zero-order valence-electron chi connectivity index (χ0n) is 18.9. The van der Waals surface area contributed by atoms with Crippen LogP contribution in [-0.4, -0.2) is 42.6 Å². The van der Waals surface area contributed by atoms with Gasteiger partial charge in [-0.25, -0.2) is 9.59 Å². The molecule has 2 heterocycles. The van der Waals surface area contributed by atoms with Crippen LogP contribution in [0.25, 0.3) is 0 Å². The summed E-state index contributed by atoms with van der Waals surface area (Å²) in [6.07, 6.45) is 0.764. The van der Waals surface area contributed by atoms with Crippen LogP contribution in [0, 0.1) is 6.92 Å².